The Morgan fingerprint density at radius 2 is 2.21 bits per heavy atom. The first-order chi connectivity index (χ1) is 11.7. The predicted octanol–water partition coefficient (Wildman–Crippen LogP) is 4.69. The lowest BCUT2D eigenvalue weighted by Gasteiger charge is -2.06. The molecule has 1 N–H and O–H groups in total. The van der Waals surface area contributed by atoms with Gasteiger partial charge in [-0.25, -0.2) is 4.39 Å². The smallest absolute Gasteiger partial charge is 0.206 e. The number of rotatable bonds is 8. The number of thiophene rings is 1. The van der Waals surface area contributed by atoms with E-state index in [1.807, 2.05) is 0 Å². The first kappa shape index (κ1) is 17.2. The van der Waals surface area contributed by atoms with Crippen LogP contribution in [0.4, 0.5) is 9.52 Å². The molecule has 2 heterocycles. The van der Waals surface area contributed by atoms with Gasteiger partial charge < -0.3 is 10.1 Å². The highest BCUT2D eigenvalue weighted by molar-refractivity contribution is 8.00. The third-order valence-corrected chi connectivity index (χ3v) is 6.23. The van der Waals surface area contributed by atoms with E-state index >= 15 is 0 Å². The van der Waals surface area contributed by atoms with Crippen LogP contribution in [0.5, 0.6) is 5.75 Å². The number of nitrogens with zero attached hydrogens (tertiary/aromatic N) is 2. The van der Waals surface area contributed by atoms with Crippen LogP contribution in [0.1, 0.15) is 10.4 Å². The van der Waals surface area contributed by atoms with Gasteiger partial charge in [-0.3, -0.25) is 0 Å². The van der Waals surface area contributed by atoms with E-state index in [2.05, 4.69) is 33.0 Å². The molecule has 0 amide bonds. The molecule has 0 unspecified atom stereocenters. The number of hydrogen-bond donors (Lipinski definition) is 1. The van der Waals surface area contributed by atoms with Crippen molar-refractivity contribution in [3.8, 4) is 5.75 Å². The summed E-state index contributed by atoms with van der Waals surface area (Å²) in [5.41, 5.74) is 0.810. The topological polar surface area (TPSA) is 47.0 Å². The molecule has 24 heavy (non-hydrogen) atoms. The zero-order chi connectivity index (χ0) is 16.8. The quantitative estimate of drug-likeness (QED) is 0.573. The van der Waals surface area contributed by atoms with Gasteiger partial charge in [0.15, 0.2) is 4.34 Å². The number of aromatic nitrogens is 2. The molecule has 8 heteroatoms. The summed E-state index contributed by atoms with van der Waals surface area (Å²) in [4.78, 5) is 1.35. The minimum atomic E-state index is -0.264. The standard InChI is InChI=1S/C16H16FN3OS3/c1-21-14-5-4-12(17)9-11(14)10-23-16-20-19-15(24-16)18-7-6-13-3-2-8-22-13/h2-5,8-9H,6-7,10H2,1H3,(H,18,19). The van der Waals surface area contributed by atoms with Crippen molar-refractivity contribution >= 4 is 39.6 Å². The number of ether oxygens (including phenoxy) is 1. The molecule has 0 aliphatic carbocycles. The zero-order valence-electron chi connectivity index (χ0n) is 13.0. The molecule has 3 aromatic rings. The van der Waals surface area contributed by atoms with Gasteiger partial charge in [0.2, 0.25) is 5.13 Å². The number of thioether (sulfide) groups is 1. The second-order valence-electron chi connectivity index (χ2n) is 4.87. The van der Waals surface area contributed by atoms with E-state index in [0.717, 1.165) is 28.0 Å². The Kier molecular flexibility index (Phi) is 6.06. The van der Waals surface area contributed by atoms with Crippen LogP contribution in [0.15, 0.2) is 40.1 Å². The predicted molar refractivity (Wildman–Crippen MR) is 98.9 cm³/mol. The number of benzene rings is 1. The van der Waals surface area contributed by atoms with Crippen LogP contribution in [0.3, 0.4) is 0 Å². The summed E-state index contributed by atoms with van der Waals surface area (Å²) in [5, 5.41) is 14.5. The average Bonchev–Trinajstić information content (AvgIpc) is 3.25. The lowest BCUT2D eigenvalue weighted by atomic mass is 10.2. The molecule has 4 nitrogen and oxygen atoms in total. The maximum atomic E-state index is 13.4. The highest BCUT2D eigenvalue weighted by Gasteiger charge is 2.09. The molecule has 0 atom stereocenters. The van der Waals surface area contributed by atoms with Gasteiger partial charge >= 0.3 is 0 Å². The SMILES string of the molecule is COc1ccc(F)cc1CSc1nnc(NCCc2cccs2)s1. The van der Waals surface area contributed by atoms with Gasteiger partial charge in [-0.2, -0.15) is 0 Å². The molecule has 0 fully saturated rings. The Morgan fingerprint density at radius 1 is 1.29 bits per heavy atom. The normalized spacial score (nSPS) is 10.8. The molecule has 0 aliphatic heterocycles. The van der Waals surface area contributed by atoms with Crippen LogP contribution in [0.25, 0.3) is 0 Å². The number of nitrogens with one attached hydrogen (secondary N) is 1. The number of methoxy groups -OCH3 is 1. The van der Waals surface area contributed by atoms with Gasteiger partial charge in [-0.1, -0.05) is 29.2 Å². The van der Waals surface area contributed by atoms with Crippen LogP contribution in [0.2, 0.25) is 0 Å². The highest BCUT2D eigenvalue weighted by Crippen LogP contribution is 2.31. The molecular weight excluding hydrogens is 365 g/mol. The van der Waals surface area contributed by atoms with E-state index in [1.54, 1.807) is 24.5 Å². The third-order valence-electron chi connectivity index (χ3n) is 3.23. The van der Waals surface area contributed by atoms with Crippen LogP contribution in [0, 0.1) is 5.82 Å². The summed E-state index contributed by atoms with van der Waals surface area (Å²) in [7, 11) is 1.59. The molecule has 2 aromatic heterocycles. The Labute approximate surface area is 152 Å². The van der Waals surface area contributed by atoms with Crippen molar-refractivity contribution in [1.82, 2.24) is 10.2 Å². The molecule has 0 saturated heterocycles. The number of anilines is 1. The van der Waals surface area contributed by atoms with E-state index in [1.165, 1.54) is 40.1 Å². The summed E-state index contributed by atoms with van der Waals surface area (Å²) in [6, 6.07) is 8.71. The largest absolute Gasteiger partial charge is 0.496 e. The van der Waals surface area contributed by atoms with Crippen LogP contribution < -0.4 is 10.1 Å². The Bertz CT molecular complexity index is 777. The van der Waals surface area contributed by atoms with Crippen LogP contribution >= 0.6 is 34.4 Å². The molecule has 0 bridgehead atoms. The van der Waals surface area contributed by atoms with E-state index in [-0.39, 0.29) is 5.82 Å². The van der Waals surface area contributed by atoms with Gasteiger partial charge in [0.05, 0.1) is 7.11 Å². The lowest BCUT2D eigenvalue weighted by Crippen LogP contribution is -2.03. The van der Waals surface area contributed by atoms with Crippen molar-refractivity contribution in [3.63, 3.8) is 0 Å². The van der Waals surface area contributed by atoms with Crippen molar-refractivity contribution < 1.29 is 9.13 Å². The van der Waals surface area contributed by atoms with Crippen molar-refractivity contribution in [1.29, 1.82) is 0 Å². The summed E-state index contributed by atoms with van der Waals surface area (Å²) in [6.45, 7) is 0.831. The second kappa shape index (κ2) is 8.46. The first-order valence-electron chi connectivity index (χ1n) is 7.29. The van der Waals surface area contributed by atoms with Crippen molar-refractivity contribution in [3.05, 3.63) is 52.0 Å². The van der Waals surface area contributed by atoms with Gasteiger partial charge in [-0.05, 0) is 36.1 Å². The fraction of sp³-hybridized carbons (Fsp3) is 0.250. The summed E-state index contributed by atoms with van der Waals surface area (Å²) >= 11 is 4.78. The molecule has 0 spiro atoms. The van der Waals surface area contributed by atoms with E-state index in [0.29, 0.717) is 11.5 Å². The molecular formula is C16H16FN3OS3. The van der Waals surface area contributed by atoms with Crippen LogP contribution in [-0.4, -0.2) is 23.9 Å². The van der Waals surface area contributed by atoms with Gasteiger partial charge in [0, 0.05) is 22.7 Å². The monoisotopic (exact) mass is 381 g/mol. The fourth-order valence-electron chi connectivity index (χ4n) is 2.09. The molecule has 0 radical (unpaired) electrons. The van der Waals surface area contributed by atoms with Gasteiger partial charge in [0.1, 0.15) is 11.6 Å². The summed E-state index contributed by atoms with van der Waals surface area (Å²) in [5.74, 6) is 1.01. The van der Waals surface area contributed by atoms with Crippen molar-refractivity contribution in [2.24, 2.45) is 0 Å². The maximum absolute atomic E-state index is 13.4. The van der Waals surface area contributed by atoms with E-state index < -0.39 is 0 Å². The lowest BCUT2D eigenvalue weighted by molar-refractivity contribution is 0.410. The van der Waals surface area contributed by atoms with Gasteiger partial charge in [0.25, 0.3) is 0 Å². The van der Waals surface area contributed by atoms with Crippen LogP contribution in [-0.2, 0) is 12.2 Å². The molecule has 3 rings (SSSR count). The minimum absolute atomic E-state index is 0.264. The van der Waals surface area contributed by atoms with Crippen molar-refractivity contribution in [2.45, 2.75) is 16.5 Å². The highest BCUT2D eigenvalue weighted by atomic mass is 32.2. The third kappa shape index (κ3) is 4.68. The Balaban J connectivity index is 1.51. The summed E-state index contributed by atoms with van der Waals surface area (Å²) < 4.78 is 19.5. The molecule has 0 saturated carbocycles. The number of hydrogen-bond acceptors (Lipinski definition) is 7. The average molecular weight is 382 g/mol. The Hall–Kier alpha value is -1.64. The van der Waals surface area contributed by atoms with Crippen molar-refractivity contribution in [2.75, 3.05) is 19.0 Å². The van der Waals surface area contributed by atoms with Gasteiger partial charge in [-0.15, -0.1) is 21.5 Å². The zero-order valence-corrected chi connectivity index (χ0v) is 15.4. The molecule has 0 aliphatic rings. The second-order valence-corrected chi connectivity index (χ2v) is 8.11. The minimum Gasteiger partial charge on any atom is -0.496 e. The molecule has 126 valence electrons. The fourth-order valence-corrected chi connectivity index (χ4v) is 4.55. The summed E-state index contributed by atoms with van der Waals surface area (Å²) in [6.07, 6.45) is 0.972. The number of halogens is 1. The maximum Gasteiger partial charge on any atom is 0.206 e. The molecule has 1 aromatic carbocycles. The van der Waals surface area contributed by atoms with E-state index in [9.17, 15) is 4.39 Å². The Morgan fingerprint density at radius 3 is 3.00 bits per heavy atom. The first-order valence-corrected chi connectivity index (χ1v) is 9.98. The van der Waals surface area contributed by atoms with E-state index in [4.69, 9.17) is 4.74 Å².